The fraction of sp³-hybridized carbons (Fsp3) is 0.364. The van der Waals surface area contributed by atoms with Gasteiger partial charge in [0.1, 0.15) is 5.82 Å². The van der Waals surface area contributed by atoms with Crippen LogP contribution in [0.25, 0.3) is 5.95 Å². The van der Waals surface area contributed by atoms with Crippen LogP contribution in [-0.4, -0.2) is 19.7 Å². The third kappa shape index (κ3) is 1.99. The van der Waals surface area contributed by atoms with Gasteiger partial charge in [0.25, 0.3) is 5.95 Å². The molecular formula is C11H16N6. The molecule has 17 heavy (non-hydrogen) atoms. The van der Waals surface area contributed by atoms with Crippen LogP contribution >= 0.6 is 0 Å². The average Bonchev–Trinajstić information content (AvgIpc) is 2.61. The molecule has 0 aliphatic carbocycles. The summed E-state index contributed by atoms with van der Waals surface area (Å²) in [6, 6.07) is 1.98. The van der Waals surface area contributed by atoms with Crippen LogP contribution in [0.1, 0.15) is 22.6 Å². The van der Waals surface area contributed by atoms with Crippen molar-refractivity contribution in [3.63, 3.8) is 0 Å². The number of hydrogen-bond acceptors (Lipinski definition) is 5. The smallest absolute Gasteiger partial charge is 0.253 e. The Hall–Kier alpha value is -1.95. The maximum Gasteiger partial charge on any atom is 0.253 e. The monoisotopic (exact) mass is 232 g/mol. The van der Waals surface area contributed by atoms with Crippen LogP contribution in [0.15, 0.2) is 6.07 Å². The Morgan fingerprint density at radius 1 is 1.18 bits per heavy atom. The second kappa shape index (κ2) is 4.14. The van der Waals surface area contributed by atoms with Crippen LogP contribution < -0.4 is 11.3 Å². The Bertz CT molecular complexity index is 557. The highest BCUT2D eigenvalue weighted by Gasteiger charge is 2.11. The van der Waals surface area contributed by atoms with Gasteiger partial charge >= 0.3 is 0 Å². The first-order chi connectivity index (χ1) is 8.02. The standard InChI is InChI=1S/C11H16N6/c1-6-5-7(2)17(16-6)11-13-9(4)8(3)10(14-11)15-12/h5H,12H2,1-4H3,(H,13,14,15). The lowest BCUT2D eigenvalue weighted by molar-refractivity contribution is 0.766. The lowest BCUT2D eigenvalue weighted by atomic mass is 10.2. The molecule has 0 unspecified atom stereocenters. The van der Waals surface area contributed by atoms with Gasteiger partial charge in [0.15, 0.2) is 0 Å². The van der Waals surface area contributed by atoms with Crippen LogP contribution in [0.4, 0.5) is 5.82 Å². The zero-order valence-corrected chi connectivity index (χ0v) is 10.4. The minimum Gasteiger partial charge on any atom is -0.308 e. The molecule has 6 heteroatoms. The van der Waals surface area contributed by atoms with Gasteiger partial charge in [-0.2, -0.15) is 10.1 Å². The molecule has 0 atom stereocenters. The molecule has 0 saturated heterocycles. The van der Waals surface area contributed by atoms with Gasteiger partial charge in [-0.1, -0.05) is 0 Å². The van der Waals surface area contributed by atoms with Gasteiger partial charge in [-0.05, 0) is 33.8 Å². The van der Waals surface area contributed by atoms with Crippen molar-refractivity contribution in [1.29, 1.82) is 0 Å². The minimum atomic E-state index is 0.534. The zero-order chi connectivity index (χ0) is 12.6. The van der Waals surface area contributed by atoms with E-state index in [1.54, 1.807) is 4.68 Å². The second-order valence-electron chi connectivity index (χ2n) is 4.07. The Morgan fingerprint density at radius 3 is 2.41 bits per heavy atom. The summed E-state index contributed by atoms with van der Waals surface area (Å²) in [6.45, 7) is 7.75. The topological polar surface area (TPSA) is 81.7 Å². The van der Waals surface area contributed by atoms with Crippen molar-refractivity contribution in [2.75, 3.05) is 5.43 Å². The number of nitrogen functional groups attached to an aromatic ring is 1. The zero-order valence-electron chi connectivity index (χ0n) is 10.4. The quantitative estimate of drug-likeness (QED) is 0.600. The van der Waals surface area contributed by atoms with E-state index in [9.17, 15) is 0 Å². The van der Waals surface area contributed by atoms with Gasteiger partial charge in [-0.15, -0.1) is 0 Å². The highest BCUT2D eigenvalue weighted by Crippen LogP contribution is 2.16. The van der Waals surface area contributed by atoms with Gasteiger partial charge < -0.3 is 5.43 Å². The summed E-state index contributed by atoms with van der Waals surface area (Å²) in [7, 11) is 0. The summed E-state index contributed by atoms with van der Waals surface area (Å²) in [5.74, 6) is 6.60. The predicted octanol–water partition coefficient (Wildman–Crippen LogP) is 1.18. The summed E-state index contributed by atoms with van der Waals surface area (Å²) >= 11 is 0. The molecule has 6 nitrogen and oxygen atoms in total. The highest BCUT2D eigenvalue weighted by atomic mass is 15.4. The van der Waals surface area contributed by atoms with Gasteiger partial charge in [-0.3, -0.25) is 0 Å². The van der Waals surface area contributed by atoms with Crippen LogP contribution in [0.3, 0.4) is 0 Å². The highest BCUT2D eigenvalue weighted by molar-refractivity contribution is 5.46. The van der Waals surface area contributed by atoms with Crippen LogP contribution in [0, 0.1) is 27.7 Å². The molecule has 0 bridgehead atoms. The molecule has 2 rings (SSSR count). The maximum absolute atomic E-state index is 5.44. The third-order valence-corrected chi connectivity index (χ3v) is 2.71. The first-order valence-corrected chi connectivity index (χ1v) is 5.38. The van der Waals surface area contributed by atoms with Gasteiger partial charge in [0.05, 0.1) is 5.69 Å². The molecule has 2 aromatic rings. The minimum absolute atomic E-state index is 0.534. The number of nitrogens with zero attached hydrogens (tertiary/aromatic N) is 4. The van der Waals surface area contributed by atoms with E-state index in [1.165, 1.54) is 0 Å². The molecule has 0 amide bonds. The largest absolute Gasteiger partial charge is 0.308 e. The van der Waals surface area contributed by atoms with Gasteiger partial charge in [0, 0.05) is 17.0 Å². The number of aromatic nitrogens is 4. The molecule has 0 aromatic carbocycles. The fourth-order valence-electron chi connectivity index (χ4n) is 1.68. The summed E-state index contributed by atoms with van der Waals surface area (Å²) in [5.41, 5.74) is 6.34. The van der Waals surface area contributed by atoms with Crippen molar-refractivity contribution in [3.8, 4) is 5.95 Å². The van der Waals surface area contributed by atoms with E-state index in [-0.39, 0.29) is 0 Å². The average molecular weight is 232 g/mol. The first kappa shape index (κ1) is 11.5. The van der Waals surface area contributed by atoms with Crippen LogP contribution in [-0.2, 0) is 0 Å². The summed E-state index contributed by atoms with van der Waals surface area (Å²) < 4.78 is 1.71. The van der Waals surface area contributed by atoms with E-state index in [4.69, 9.17) is 5.84 Å². The number of anilines is 1. The lowest BCUT2D eigenvalue weighted by Crippen LogP contribution is -2.15. The molecule has 0 radical (unpaired) electrons. The Kier molecular flexibility index (Phi) is 2.81. The normalized spacial score (nSPS) is 10.6. The van der Waals surface area contributed by atoms with E-state index in [1.807, 2.05) is 33.8 Å². The molecule has 0 fully saturated rings. The first-order valence-electron chi connectivity index (χ1n) is 5.38. The molecule has 0 aliphatic heterocycles. The Labute approximate surface area is 99.9 Å². The number of aryl methyl sites for hydroxylation is 3. The number of rotatable bonds is 2. The molecule has 90 valence electrons. The van der Waals surface area contributed by atoms with E-state index in [0.717, 1.165) is 22.6 Å². The van der Waals surface area contributed by atoms with Gasteiger partial charge in [0.2, 0.25) is 0 Å². The summed E-state index contributed by atoms with van der Waals surface area (Å²) in [5, 5.41) is 4.35. The van der Waals surface area contributed by atoms with Crippen molar-refractivity contribution in [2.45, 2.75) is 27.7 Å². The molecule has 0 spiro atoms. The van der Waals surface area contributed by atoms with E-state index >= 15 is 0 Å². The number of hydrazine groups is 1. The maximum atomic E-state index is 5.44. The fourth-order valence-corrected chi connectivity index (χ4v) is 1.68. The summed E-state index contributed by atoms with van der Waals surface area (Å²) in [4.78, 5) is 8.77. The third-order valence-electron chi connectivity index (χ3n) is 2.71. The van der Waals surface area contributed by atoms with Crippen molar-refractivity contribution >= 4 is 5.82 Å². The molecule has 3 N–H and O–H groups in total. The molecular weight excluding hydrogens is 216 g/mol. The van der Waals surface area contributed by atoms with Crippen molar-refractivity contribution in [2.24, 2.45) is 5.84 Å². The molecule has 2 heterocycles. The van der Waals surface area contributed by atoms with Crippen molar-refractivity contribution < 1.29 is 0 Å². The van der Waals surface area contributed by atoms with E-state index < -0.39 is 0 Å². The van der Waals surface area contributed by atoms with E-state index in [2.05, 4.69) is 20.5 Å². The van der Waals surface area contributed by atoms with Crippen molar-refractivity contribution in [3.05, 3.63) is 28.7 Å². The number of nitrogens with two attached hydrogens (primary N) is 1. The van der Waals surface area contributed by atoms with Crippen molar-refractivity contribution in [1.82, 2.24) is 19.7 Å². The molecule has 0 aliphatic rings. The summed E-state index contributed by atoms with van der Waals surface area (Å²) in [6.07, 6.45) is 0. The van der Waals surface area contributed by atoms with E-state index in [0.29, 0.717) is 11.8 Å². The SMILES string of the molecule is Cc1cc(C)n(-c2nc(C)c(C)c(NN)n2)n1. The molecule has 2 aromatic heterocycles. The second-order valence-corrected chi connectivity index (χ2v) is 4.07. The Morgan fingerprint density at radius 2 is 1.88 bits per heavy atom. The van der Waals surface area contributed by atoms with Crippen LogP contribution in [0.2, 0.25) is 0 Å². The van der Waals surface area contributed by atoms with Crippen LogP contribution in [0.5, 0.6) is 0 Å². The molecule has 0 saturated carbocycles. The number of nitrogens with one attached hydrogen (secondary N) is 1. The lowest BCUT2D eigenvalue weighted by Gasteiger charge is -2.10. The predicted molar refractivity (Wildman–Crippen MR) is 65.9 cm³/mol. The Balaban J connectivity index is 2.60. The van der Waals surface area contributed by atoms with Gasteiger partial charge in [-0.25, -0.2) is 15.5 Å². The number of hydrogen-bond donors (Lipinski definition) is 2.